The zero-order valence-corrected chi connectivity index (χ0v) is 18.9. The predicted molar refractivity (Wildman–Crippen MR) is 117 cm³/mol. The zero-order valence-electron chi connectivity index (χ0n) is 16.6. The number of benzene rings is 1. The molecule has 9 heteroatoms. The molecule has 0 spiro atoms. The molecule has 0 aromatic heterocycles. The first-order chi connectivity index (χ1) is 13.9. The molecule has 2 aliphatic heterocycles. The highest BCUT2D eigenvalue weighted by atomic mass is 35.5. The van der Waals surface area contributed by atoms with Gasteiger partial charge < -0.3 is 10.2 Å². The standard InChI is InChI=1S/C20H29Cl2N3O3S/c21-18-5-4-6-19(22)17(18)15-29(27,28)25-12-7-16(8-13-25)20(26)23-9-14-24-10-2-1-3-11-24/h4-6,16H,1-3,7-15H2,(H,23,26). The highest BCUT2D eigenvalue weighted by Crippen LogP contribution is 2.29. The lowest BCUT2D eigenvalue weighted by atomic mass is 9.97. The molecule has 1 aromatic carbocycles. The maximum absolute atomic E-state index is 12.8. The highest BCUT2D eigenvalue weighted by Gasteiger charge is 2.31. The SMILES string of the molecule is O=C(NCCN1CCCCC1)C1CCN(S(=O)(=O)Cc2c(Cl)cccc2Cl)CC1. The van der Waals surface area contributed by atoms with Crippen LogP contribution in [0.2, 0.25) is 10.0 Å². The smallest absolute Gasteiger partial charge is 0.223 e. The van der Waals surface area contributed by atoms with Gasteiger partial charge in [0.15, 0.2) is 0 Å². The molecule has 0 bridgehead atoms. The maximum atomic E-state index is 12.8. The van der Waals surface area contributed by atoms with E-state index in [4.69, 9.17) is 23.2 Å². The first-order valence-electron chi connectivity index (χ1n) is 10.3. The predicted octanol–water partition coefficient (Wildman–Crippen LogP) is 3.14. The number of piperidine rings is 2. The van der Waals surface area contributed by atoms with E-state index >= 15 is 0 Å². The quantitative estimate of drug-likeness (QED) is 0.676. The summed E-state index contributed by atoms with van der Waals surface area (Å²) in [5, 5.41) is 3.73. The molecule has 1 N–H and O–H groups in total. The van der Waals surface area contributed by atoms with E-state index in [0.29, 0.717) is 48.1 Å². The normalized spacial score (nSPS) is 19.9. The topological polar surface area (TPSA) is 69.7 Å². The lowest BCUT2D eigenvalue weighted by Gasteiger charge is -2.31. The van der Waals surface area contributed by atoms with E-state index in [0.717, 1.165) is 19.6 Å². The molecule has 2 saturated heterocycles. The van der Waals surface area contributed by atoms with Gasteiger partial charge in [0.2, 0.25) is 15.9 Å². The molecular formula is C20H29Cl2N3O3S. The second-order valence-electron chi connectivity index (χ2n) is 7.82. The Kier molecular flexibility index (Phi) is 8.22. The second-order valence-corrected chi connectivity index (χ2v) is 10.6. The van der Waals surface area contributed by atoms with Crippen molar-refractivity contribution in [3.05, 3.63) is 33.8 Å². The average molecular weight is 462 g/mol. The first kappa shape index (κ1) is 22.8. The van der Waals surface area contributed by atoms with Gasteiger partial charge >= 0.3 is 0 Å². The minimum Gasteiger partial charge on any atom is -0.355 e. The number of carbonyl (C=O) groups excluding carboxylic acids is 1. The molecule has 0 radical (unpaired) electrons. The highest BCUT2D eigenvalue weighted by molar-refractivity contribution is 7.88. The van der Waals surface area contributed by atoms with E-state index in [1.807, 2.05) is 0 Å². The van der Waals surface area contributed by atoms with E-state index in [9.17, 15) is 13.2 Å². The van der Waals surface area contributed by atoms with Crippen molar-refractivity contribution in [1.29, 1.82) is 0 Å². The number of likely N-dealkylation sites (tertiary alicyclic amines) is 1. The Hall–Kier alpha value is -0.860. The lowest BCUT2D eigenvalue weighted by Crippen LogP contribution is -2.45. The zero-order chi connectivity index (χ0) is 20.9. The summed E-state index contributed by atoms with van der Waals surface area (Å²) in [5.74, 6) is -0.321. The molecule has 2 fully saturated rings. The third kappa shape index (κ3) is 6.31. The van der Waals surface area contributed by atoms with Gasteiger partial charge in [-0.1, -0.05) is 35.7 Å². The third-order valence-electron chi connectivity index (χ3n) is 5.78. The molecule has 0 aliphatic carbocycles. The number of carbonyl (C=O) groups is 1. The maximum Gasteiger partial charge on any atom is 0.223 e. The van der Waals surface area contributed by atoms with Gasteiger partial charge in [0.05, 0.1) is 5.75 Å². The monoisotopic (exact) mass is 461 g/mol. The molecule has 0 saturated carbocycles. The van der Waals surface area contributed by atoms with Crippen LogP contribution in [0, 0.1) is 5.92 Å². The van der Waals surface area contributed by atoms with Crippen LogP contribution < -0.4 is 5.32 Å². The average Bonchev–Trinajstić information content (AvgIpc) is 2.72. The molecule has 0 unspecified atom stereocenters. The van der Waals surface area contributed by atoms with Crippen LogP contribution in [-0.4, -0.2) is 62.8 Å². The Morgan fingerprint density at radius 2 is 1.66 bits per heavy atom. The fourth-order valence-corrected chi connectivity index (χ4v) is 6.32. The van der Waals surface area contributed by atoms with Gasteiger partial charge in [0, 0.05) is 47.7 Å². The van der Waals surface area contributed by atoms with Crippen LogP contribution in [-0.2, 0) is 20.6 Å². The van der Waals surface area contributed by atoms with Gasteiger partial charge in [-0.3, -0.25) is 4.79 Å². The van der Waals surface area contributed by atoms with Crippen molar-refractivity contribution in [2.24, 2.45) is 5.92 Å². The summed E-state index contributed by atoms with van der Waals surface area (Å²) in [6.07, 6.45) is 4.84. The van der Waals surface area contributed by atoms with E-state index < -0.39 is 10.0 Å². The molecule has 29 heavy (non-hydrogen) atoms. The van der Waals surface area contributed by atoms with Crippen molar-refractivity contribution in [1.82, 2.24) is 14.5 Å². The Balaban J connectivity index is 1.45. The number of sulfonamides is 1. The molecule has 1 aromatic rings. The van der Waals surface area contributed by atoms with Crippen LogP contribution in [0.15, 0.2) is 18.2 Å². The summed E-state index contributed by atoms with van der Waals surface area (Å²) in [6.45, 7) is 4.45. The van der Waals surface area contributed by atoms with Crippen molar-refractivity contribution in [2.75, 3.05) is 39.3 Å². The van der Waals surface area contributed by atoms with Crippen LogP contribution in [0.25, 0.3) is 0 Å². The number of hydrogen-bond donors (Lipinski definition) is 1. The molecule has 162 valence electrons. The van der Waals surface area contributed by atoms with Gasteiger partial charge in [-0.15, -0.1) is 0 Å². The van der Waals surface area contributed by atoms with Crippen molar-refractivity contribution in [3.8, 4) is 0 Å². The molecule has 1 amide bonds. The number of nitrogens with one attached hydrogen (secondary N) is 1. The van der Waals surface area contributed by atoms with E-state index in [-0.39, 0.29) is 17.6 Å². The fourth-order valence-electron chi connectivity index (χ4n) is 4.00. The molecule has 2 heterocycles. The Morgan fingerprint density at radius 3 is 2.28 bits per heavy atom. The fraction of sp³-hybridized carbons (Fsp3) is 0.650. The van der Waals surface area contributed by atoms with Crippen molar-refractivity contribution in [3.63, 3.8) is 0 Å². The van der Waals surface area contributed by atoms with E-state index in [2.05, 4.69) is 10.2 Å². The van der Waals surface area contributed by atoms with Gasteiger partial charge in [-0.2, -0.15) is 0 Å². The summed E-state index contributed by atoms with van der Waals surface area (Å²) in [6, 6.07) is 4.97. The van der Waals surface area contributed by atoms with Gasteiger partial charge in [0.1, 0.15) is 0 Å². The van der Waals surface area contributed by atoms with Crippen LogP contribution in [0.3, 0.4) is 0 Å². The Bertz CT molecular complexity index is 785. The summed E-state index contributed by atoms with van der Waals surface area (Å²) in [4.78, 5) is 14.8. The number of amides is 1. The lowest BCUT2D eigenvalue weighted by molar-refractivity contribution is -0.126. The van der Waals surface area contributed by atoms with Crippen molar-refractivity contribution < 1.29 is 13.2 Å². The van der Waals surface area contributed by atoms with E-state index in [1.54, 1.807) is 18.2 Å². The summed E-state index contributed by atoms with van der Waals surface area (Å²) >= 11 is 12.2. The Labute approximate surface area is 183 Å². The second kappa shape index (κ2) is 10.4. The van der Waals surface area contributed by atoms with Gasteiger partial charge in [-0.25, -0.2) is 12.7 Å². The largest absolute Gasteiger partial charge is 0.355 e. The minimum absolute atomic E-state index is 0.0354. The molecule has 2 aliphatic rings. The first-order valence-corrected chi connectivity index (χ1v) is 12.6. The summed E-state index contributed by atoms with van der Waals surface area (Å²) in [7, 11) is -3.54. The van der Waals surface area contributed by atoms with E-state index in [1.165, 1.54) is 23.6 Å². The van der Waals surface area contributed by atoms with Gasteiger partial charge in [0.25, 0.3) is 0 Å². The number of hydrogen-bond acceptors (Lipinski definition) is 4. The third-order valence-corrected chi connectivity index (χ3v) is 8.30. The molecule has 0 atom stereocenters. The molecular weight excluding hydrogens is 433 g/mol. The van der Waals surface area contributed by atoms with Crippen LogP contribution in [0.4, 0.5) is 0 Å². The van der Waals surface area contributed by atoms with Crippen molar-refractivity contribution in [2.45, 2.75) is 37.9 Å². The van der Waals surface area contributed by atoms with Crippen LogP contribution in [0.5, 0.6) is 0 Å². The van der Waals surface area contributed by atoms with Crippen LogP contribution in [0.1, 0.15) is 37.7 Å². The Morgan fingerprint density at radius 1 is 1.03 bits per heavy atom. The molecule has 3 rings (SSSR count). The van der Waals surface area contributed by atoms with Crippen molar-refractivity contribution >= 4 is 39.1 Å². The molecule has 6 nitrogen and oxygen atoms in total. The van der Waals surface area contributed by atoms with Crippen LogP contribution >= 0.6 is 23.2 Å². The number of nitrogens with zero attached hydrogens (tertiary/aromatic N) is 2. The summed E-state index contributed by atoms with van der Waals surface area (Å²) < 4.78 is 27.0. The minimum atomic E-state index is -3.54. The van der Waals surface area contributed by atoms with Gasteiger partial charge in [-0.05, 0) is 50.9 Å². The summed E-state index contributed by atoms with van der Waals surface area (Å²) in [5.41, 5.74) is 0.424. The number of rotatable bonds is 7. The number of halogens is 2.